The summed E-state index contributed by atoms with van der Waals surface area (Å²) in [6, 6.07) is 7.87. The summed E-state index contributed by atoms with van der Waals surface area (Å²) in [5.41, 5.74) is 4.71. The molecule has 0 spiro atoms. The molecule has 3 aromatic heterocycles. The van der Waals surface area contributed by atoms with E-state index in [0.717, 1.165) is 65.8 Å². The molecule has 4 heterocycles. The molecule has 1 aliphatic carbocycles. The van der Waals surface area contributed by atoms with Crippen molar-refractivity contribution in [1.29, 1.82) is 0 Å². The lowest BCUT2D eigenvalue weighted by Crippen LogP contribution is -2.17. The normalized spacial score (nSPS) is 16.3. The van der Waals surface area contributed by atoms with Crippen molar-refractivity contribution in [1.82, 2.24) is 28.8 Å². The molecular weight excluding hydrogens is 462 g/mol. The lowest BCUT2D eigenvalue weighted by Gasteiger charge is -2.12. The van der Waals surface area contributed by atoms with Crippen LogP contribution >= 0.6 is 11.9 Å². The average Bonchev–Trinajstić information content (AvgIpc) is 3.29. The smallest absolute Gasteiger partial charge is 0.229 e. The van der Waals surface area contributed by atoms with Crippen molar-refractivity contribution in [3.8, 4) is 5.82 Å². The second kappa shape index (κ2) is 9.10. The van der Waals surface area contributed by atoms with Gasteiger partial charge in [-0.3, -0.25) is 13.6 Å². The van der Waals surface area contributed by atoms with Gasteiger partial charge in [-0.1, -0.05) is 0 Å². The van der Waals surface area contributed by atoms with E-state index in [2.05, 4.69) is 24.4 Å². The van der Waals surface area contributed by atoms with Gasteiger partial charge in [0.05, 0.1) is 24.4 Å². The molecule has 1 saturated carbocycles. The van der Waals surface area contributed by atoms with E-state index in [1.54, 1.807) is 22.8 Å². The molecule has 2 aliphatic rings. The first-order valence-electron chi connectivity index (χ1n) is 11.9. The van der Waals surface area contributed by atoms with Gasteiger partial charge >= 0.3 is 0 Å². The maximum atomic E-state index is 12.9. The van der Waals surface area contributed by atoms with Crippen molar-refractivity contribution in [2.24, 2.45) is 5.92 Å². The minimum atomic E-state index is 0.173. The summed E-state index contributed by atoms with van der Waals surface area (Å²) in [4.78, 5) is 27.6. The van der Waals surface area contributed by atoms with Crippen molar-refractivity contribution in [3.05, 3.63) is 59.7 Å². The van der Waals surface area contributed by atoms with E-state index in [0.29, 0.717) is 18.3 Å². The minimum Gasteiger partial charge on any atom is -0.324 e. The average molecular weight is 490 g/mol. The van der Waals surface area contributed by atoms with Crippen molar-refractivity contribution < 1.29 is 9.63 Å². The molecule has 1 aliphatic heterocycles. The van der Waals surface area contributed by atoms with Gasteiger partial charge in [-0.25, -0.2) is 9.67 Å². The van der Waals surface area contributed by atoms with E-state index in [1.165, 1.54) is 0 Å². The molecule has 35 heavy (non-hydrogen) atoms. The minimum absolute atomic E-state index is 0.173. The molecule has 0 atom stereocenters. The third-order valence-corrected chi connectivity index (χ3v) is 7.18. The molecule has 10 heteroatoms. The number of carbonyl (C=O) groups is 1. The van der Waals surface area contributed by atoms with Crippen LogP contribution in [0.4, 0.5) is 11.6 Å². The standard InChI is InChI=1S/C25H27N7O2S/c1-16-18(13-30-10-3-11-34-30)14-31(29-16)23-8-9-26-25(28-23)27-19-6-7-22-20(12-19)21(15-32(22)35-2)24(33)17-4-5-17/h6-9,12,14-15,17H,3-5,10-11,13H2,1-2H3,(H,26,27,28). The van der Waals surface area contributed by atoms with E-state index >= 15 is 0 Å². The second-order valence-corrected chi connectivity index (χ2v) is 9.78. The Morgan fingerprint density at radius 1 is 1.26 bits per heavy atom. The Labute approximate surface area is 207 Å². The number of anilines is 2. The fraction of sp³-hybridized carbons (Fsp3) is 0.360. The Morgan fingerprint density at radius 2 is 2.14 bits per heavy atom. The van der Waals surface area contributed by atoms with Crippen LogP contribution in [0.1, 0.15) is 40.9 Å². The Balaban J connectivity index is 1.26. The van der Waals surface area contributed by atoms with Crippen LogP contribution in [0.5, 0.6) is 0 Å². The van der Waals surface area contributed by atoms with Crippen LogP contribution in [0.25, 0.3) is 16.7 Å². The number of benzene rings is 1. The van der Waals surface area contributed by atoms with Crippen LogP contribution in [0, 0.1) is 12.8 Å². The van der Waals surface area contributed by atoms with Gasteiger partial charge in [-0.05, 0) is 56.3 Å². The van der Waals surface area contributed by atoms with E-state index in [1.807, 2.05) is 54.9 Å². The van der Waals surface area contributed by atoms with Crippen LogP contribution in [0.3, 0.4) is 0 Å². The van der Waals surface area contributed by atoms with Gasteiger partial charge in [0.25, 0.3) is 0 Å². The van der Waals surface area contributed by atoms with Gasteiger partial charge in [0.1, 0.15) is 0 Å². The zero-order valence-corrected chi connectivity index (χ0v) is 20.6. The molecule has 180 valence electrons. The Hall–Kier alpha value is -3.21. The summed E-state index contributed by atoms with van der Waals surface area (Å²) >= 11 is 1.59. The summed E-state index contributed by atoms with van der Waals surface area (Å²) < 4.78 is 3.83. The molecule has 0 bridgehead atoms. The maximum Gasteiger partial charge on any atom is 0.229 e. The number of aryl methyl sites for hydroxylation is 1. The van der Waals surface area contributed by atoms with Gasteiger partial charge in [0.2, 0.25) is 5.95 Å². The number of carbonyl (C=O) groups excluding carboxylic acids is 1. The first kappa shape index (κ1) is 22.3. The molecule has 0 unspecified atom stereocenters. The van der Waals surface area contributed by atoms with Gasteiger partial charge in [0.15, 0.2) is 11.6 Å². The zero-order chi connectivity index (χ0) is 23.9. The van der Waals surface area contributed by atoms with E-state index in [9.17, 15) is 4.79 Å². The number of hydrogen-bond donors (Lipinski definition) is 1. The van der Waals surface area contributed by atoms with E-state index in [4.69, 9.17) is 4.84 Å². The zero-order valence-electron chi connectivity index (χ0n) is 19.8. The monoisotopic (exact) mass is 489 g/mol. The first-order valence-corrected chi connectivity index (χ1v) is 13.0. The Kier molecular flexibility index (Phi) is 5.79. The summed E-state index contributed by atoms with van der Waals surface area (Å²) in [5, 5.41) is 10.9. The topological polar surface area (TPSA) is 90.1 Å². The predicted octanol–water partition coefficient (Wildman–Crippen LogP) is 4.53. The van der Waals surface area contributed by atoms with E-state index in [-0.39, 0.29) is 11.7 Å². The summed E-state index contributed by atoms with van der Waals surface area (Å²) in [7, 11) is 0. The first-order chi connectivity index (χ1) is 17.1. The number of hydrogen-bond acceptors (Lipinski definition) is 8. The summed E-state index contributed by atoms with van der Waals surface area (Å²) in [5.74, 6) is 1.56. The molecule has 6 rings (SSSR count). The fourth-order valence-electron chi connectivity index (χ4n) is 4.44. The van der Waals surface area contributed by atoms with E-state index < -0.39 is 0 Å². The highest BCUT2D eigenvalue weighted by molar-refractivity contribution is 7.97. The quantitative estimate of drug-likeness (QED) is 0.361. The van der Waals surface area contributed by atoms with Crippen molar-refractivity contribution >= 4 is 40.3 Å². The highest BCUT2D eigenvalue weighted by atomic mass is 32.2. The van der Waals surface area contributed by atoms with Crippen LogP contribution in [-0.2, 0) is 11.4 Å². The van der Waals surface area contributed by atoms with Crippen molar-refractivity contribution in [3.63, 3.8) is 0 Å². The number of fused-ring (bicyclic) bond motifs is 1. The van der Waals surface area contributed by atoms with Crippen LogP contribution < -0.4 is 5.32 Å². The number of nitrogens with zero attached hydrogens (tertiary/aromatic N) is 6. The second-order valence-electron chi connectivity index (χ2n) is 9.02. The number of nitrogens with one attached hydrogen (secondary N) is 1. The number of Topliss-reactive ketones (excluding diaryl/α,β-unsaturated/α-hetero) is 1. The number of ketones is 1. The van der Waals surface area contributed by atoms with Crippen LogP contribution in [0.15, 0.2) is 42.9 Å². The lowest BCUT2D eigenvalue weighted by atomic mass is 10.1. The molecule has 9 nitrogen and oxygen atoms in total. The van der Waals surface area contributed by atoms with Gasteiger partial charge in [-0.2, -0.15) is 15.1 Å². The van der Waals surface area contributed by atoms with Crippen LogP contribution in [0.2, 0.25) is 0 Å². The lowest BCUT2D eigenvalue weighted by molar-refractivity contribution is -0.117. The number of hydroxylamine groups is 2. The number of rotatable bonds is 8. The van der Waals surface area contributed by atoms with Gasteiger partial charge < -0.3 is 5.32 Å². The largest absolute Gasteiger partial charge is 0.324 e. The molecular formula is C25H27N7O2S. The van der Waals surface area contributed by atoms with Crippen molar-refractivity contribution in [2.45, 2.75) is 32.7 Å². The summed E-state index contributed by atoms with van der Waals surface area (Å²) in [6.07, 6.45) is 10.7. The molecule has 2 fully saturated rings. The van der Waals surface area contributed by atoms with Crippen LogP contribution in [-0.4, -0.2) is 54.0 Å². The van der Waals surface area contributed by atoms with Gasteiger partial charge in [0, 0.05) is 65.6 Å². The number of aromatic nitrogens is 5. The third-order valence-electron chi connectivity index (χ3n) is 6.49. The Bertz CT molecular complexity index is 1400. The highest BCUT2D eigenvalue weighted by Gasteiger charge is 2.32. The summed E-state index contributed by atoms with van der Waals surface area (Å²) in [6.45, 7) is 4.42. The van der Waals surface area contributed by atoms with Gasteiger partial charge in [-0.15, -0.1) is 0 Å². The molecule has 0 amide bonds. The maximum absolute atomic E-state index is 12.9. The fourth-order valence-corrected chi connectivity index (χ4v) is 5.01. The molecule has 1 aromatic carbocycles. The molecule has 1 N–H and O–H groups in total. The Morgan fingerprint density at radius 3 is 2.91 bits per heavy atom. The van der Waals surface area contributed by atoms with Crippen molar-refractivity contribution in [2.75, 3.05) is 24.7 Å². The predicted molar refractivity (Wildman–Crippen MR) is 136 cm³/mol. The highest BCUT2D eigenvalue weighted by Crippen LogP contribution is 2.37. The SMILES string of the molecule is CSn1cc(C(=O)C2CC2)c2cc(Nc3nccc(-n4cc(CN5CCCO5)c(C)n4)n3)ccc21. The third kappa shape index (κ3) is 4.44. The molecule has 4 aromatic rings. The molecule has 0 radical (unpaired) electrons. The molecule has 1 saturated heterocycles.